The first kappa shape index (κ1) is 8.03. The number of fused-ring (bicyclic) bond motifs is 1. The quantitative estimate of drug-likeness (QED) is 0.586. The van der Waals surface area contributed by atoms with E-state index in [-0.39, 0.29) is 0 Å². The van der Waals surface area contributed by atoms with E-state index in [0.717, 1.165) is 6.42 Å². The molecule has 66 valence electrons. The number of hydrogen-bond acceptors (Lipinski definition) is 1. The second-order valence-electron chi connectivity index (χ2n) is 4.09. The van der Waals surface area contributed by atoms with Gasteiger partial charge in [-0.3, -0.25) is 4.79 Å². The van der Waals surface area contributed by atoms with Crippen molar-refractivity contribution in [2.45, 2.75) is 39.0 Å². The number of Topliss-reactive ketones (excluding diaryl/α,β-unsaturated/α-hetero) is 1. The third-order valence-electron chi connectivity index (χ3n) is 3.13. The number of carbonyl (C=O) groups excluding carboxylic acids is 1. The molecule has 2 aliphatic carbocycles. The van der Waals surface area contributed by atoms with Crippen LogP contribution in [0.15, 0.2) is 11.6 Å². The van der Waals surface area contributed by atoms with Crippen molar-refractivity contribution in [3.8, 4) is 0 Å². The predicted molar refractivity (Wildman–Crippen MR) is 48.8 cm³/mol. The largest absolute Gasteiger partial charge is 0.299 e. The van der Waals surface area contributed by atoms with Crippen molar-refractivity contribution in [1.29, 1.82) is 0 Å². The number of rotatable bonds is 3. The summed E-state index contributed by atoms with van der Waals surface area (Å²) in [4.78, 5) is 11.1. The fraction of sp³-hybridized carbons (Fsp3) is 0.727. The Kier molecular flexibility index (Phi) is 2.03. The summed E-state index contributed by atoms with van der Waals surface area (Å²) in [5.41, 5.74) is 1.55. The van der Waals surface area contributed by atoms with Gasteiger partial charge in [0.2, 0.25) is 0 Å². The van der Waals surface area contributed by atoms with Gasteiger partial charge in [0, 0.05) is 12.3 Å². The molecule has 1 fully saturated rings. The van der Waals surface area contributed by atoms with Gasteiger partial charge in [-0.1, -0.05) is 25.0 Å². The highest BCUT2D eigenvalue weighted by Crippen LogP contribution is 2.43. The average molecular weight is 164 g/mol. The van der Waals surface area contributed by atoms with E-state index in [9.17, 15) is 4.79 Å². The van der Waals surface area contributed by atoms with E-state index in [2.05, 4.69) is 13.0 Å². The lowest BCUT2D eigenvalue weighted by molar-refractivity contribution is -0.130. The lowest BCUT2D eigenvalue weighted by Gasteiger charge is -2.27. The topological polar surface area (TPSA) is 17.1 Å². The fourth-order valence-corrected chi connectivity index (χ4v) is 2.30. The van der Waals surface area contributed by atoms with Crippen molar-refractivity contribution in [2.24, 2.45) is 11.8 Å². The van der Waals surface area contributed by atoms with E-state index in [1.165, 1.54) is 25.7 Å². The minimum Gasteiger partial charge on any atom is -0.299 e. The van der Waals surface area contributed by atoms with Gasteiger partial charge in [0.1, 0.15) is 5.78 Å². The molecule has 0 amide bonds. The summed E-state index contributed by atoms with van der Waals surface area (Å²) in [6.07, 6.45) is 8.11. The number of allylic oxidation sites excluding steroid dienone is 2. The zero-order valence-corrected chi connectivity index (χ0v) is 7.68. The molecule has 1 saturated carbocycles. The molecule has 0 spiro atoms. The predicted octanol–water partition coefficient (Wildman–Crippen LogP) is 2.71. The Morgan fingerprint density at radius 2 is 2.33 bits per heavy atom. The van der Waals surface area contributed by atoms with Gasteiger partial charge in [-0.2, -0.15) is 0 Å². The van der Waals surface area contributed by atoms with Crippen LogP contribution in [0.3, 0.4) is 0 Å². The minimum absolute atomic E-state index is 0.344. The van der Waals surface area contributed by atoms with Gasteiger partial charge in [-0.25, -0.2) is 0 Å². The van der Waals surface area contributed by atoms with Crippen molar-refractivity contribution in [1.82, 2.24) is 0 Å². The van der Waals surface area contributed by atoms with Gasteiger partial charge in [-0.05, 0) is 25.2 Å². The van der Waals surface area contributed by atoms with Crippen LogP contribution in [0.4, 0.5) is 0 Å². The average Bonchev–Trinajstić information content (AvgIpc) is 2.39. The maximum Gasteiger partial charge on any atom is 0.140 e. The van der Waals surface area contributed by atoms with Gasteiger partial charge in [0.25, 0.3) is 0 Å². The smallest absolute Gasteiger partial charge is 0.140 e. The van der Waals surface area contributed by atoms with Crippen molar-refractivity contribution >= 4 is 5.78 Å². The Hall–Kier alpha value is -0.590. The Bertz CT molecular complexity index is 227. The first-order valence-corrected chi connectivity index (χ1v) is 5.03. The highest BCUT2D eigenvalue weighted by molar-refractivity contribution is 5.90. The standard InChI is InChI=1S/C11H16O/c1-2-3-4-8-5-9-7-11(12)10(9)6-8/h6,9-10H,2-5,7H2,1H3/t9-,10+/m1/s1. The van der Waals surface area contributed by atoms with Crippen molar-refractivity contribution in [2.75, 3.05) is 0 Å². The molecule has 0 aromatic heterocycles. The van der Waals surface area contributed by atoms with Gasteiger partial charge in [-0.15, -0.1) is 0 Å². The summed E-state index contributed by atoms with van der Waals surface area (Å²) in [6.45, 7) is 2.22. The molecule has 1 heteroatoms. The van der Waals surface area contributed by atoms with Crippen LogP contribution in [-0.4, -0.2) is 5.78 Å². The van der Waals surface area contributed by atoms with Crippen LogP contribution >= 0.6 is 0 Å². The molecule has 2 rings (SSSR count). The highest BCUT2D eigenvalue weighted by Gasteiger charge is 2.41. The van der Waals surface area contributed by atoms with E-state index in [1.54, 1.807) is 5.57 Å². The number of hydrogen-bond donors (Lipinski definition) is 0. The Morgan fingerprint density at radius 1 is 1.50 bits per heavy atom. The van der Waals surface area contributed by atoms with E-state index >= 15 is 0 Å². The maximum absolute atomic E-state index is 11.1. The van der Waals surface area contributed by atoms with E-state index in [4.69, 9.17) is 0 Å². The van der Waals surface area contributed by atoms with E-state index < -0.39 is 0 Å². The molecule has 12 heavy (non-hydrogen) atoms. The SMILES string of the molecule is CCCCC1=C[C@@H]2C(=O)C[C@H]2C1. The molecular formula is C11H16O. The molecule has 0 N–H and O–H groups in total. The maximum atomic E-state index is 11.1. The molecule has 2 aliphatic rings. The van der Waals surface area contributed by atoms with E-state index in [1.807, 2.05) is 0 Å². The molecule has 0 radical (unpaired) electrons. The van der Waals surface area contributed by atoms with Gasteiger partial charge < -0.3 is 0 Å². The molecule has 0 unspecified atom stereocenters. The molecule has 1 nitrogen and oxygen atoms in total. The zero-order chi connectivity index (χ0) is 8.55. The normalized spacial score (nSPS) is 32.8. The summed E-state index contributed by atoms with van der Waals surface area (Å²) in [5, 5.41) is 0. The minimum atomic E-state index is 0.344. The summed E-state index contributed by atoms with van der Waals surface area (Å²) >= 11 is 0. The molecule has 0 aromatic rings. The van der Waals surface area contributed by atoms with Gasteiger partial charge in [0.05, 0.1) is 0 Å². The molecule has 0 aromatic carbocycles. The number of carbonyl (C=O) groups is 1. The molecular weight excluding hydrogens is 148 g/mol. The summed E-state index contributed by atoms with van der Waals surface area (Å²) in [7, 11) is 0. The van der Waals surface area contributed by atoms with Crippen LogP contribution in [0.2, 0.25) is 0 Å². The third kappa shape index (κ3) is 1.21. The van der Waals surface area contributed by atoms with Crippen LogP contribution < -0.4 is 0 Å². The Morgan fingerprint density at radius 3 is 2.92 bits per heavy atom. The van der Waals surface area contributed by atoms with Crippen LogP contribution in [0.25, 0.3) is 0 Å². The highest BCUT2D eigenvalue weighted by atomic mass is 16.1. The summed E-state index contributed by atoms with van der Waals surface area (Å²) < 4.78 is 0. The molecule has 0 bridgehead atoms. The molecule has 0 heterocycles. The van der Waals surface area contributed by atoms with Crippen molar-refractivity contribution < 1.29 is 4.79 Å². The van der Waals surface area contributed by atoms with Crippen molar-refractivity contribution in [3.63, 3.8) is 0 Å². The Balaban J connectivity index is 1.89. The Labute approximate surface area is 73.8 Å². The molecule has 2 atom stereocenters. The second kappa shape index (κ2) is 3.04. The van der Waals surface area contributed by atoms with Crippen LogP contribution in [0.1, 0.15) is 39.0 Å². The van der Waals surface area contributed by atoms with Gasteiger partial charge >= 0.3 is 0 Å². The molecule has 0 saturated heterocycles. The lowest BCUT2D eigenvalue weighted by atomic mass is 9.75. The summed E-state index contributed by atoms with van der Waals surface area (Å²) in [5.74, 6) is 1.53. The van der Waals surface area contributed by atoms with Crippen molar-refractivity contribution in [3.05, 3.63) is 11.6 Å². The second-order valence-corrected chi connectivity index (χ2v) is 4.09. The van der Waals surface area contributed by atoms with Gasteiger partial charge in [0.15, 0.2) is 0 Å². The lowest BCUT2D eigenvalue weighted by Crippen LogP contribution is -2.32. The monoisotopic (exact) mass is 164 g/mol. The molecule has 0 aliphatic heterocycles. The summed E-state index contributed by atoms with van der Waals surface area (Å²) in [6, 6.07) is 0. The third-order valence-corrected chi connectivity index (χ3v) is 3.13. The number of unbranched alkanes of at least 4 members (excludes halogenated alkanes) is 1. The van der Waals surface area contributed by atoms with Crippen LogP contribution in [-0.2, 0) is 4.79 Å². The first-order chi connectivity index (χ1) is 5.81. The first-order valence-electron chi connectivity index (χ1n) is 5.03. The van der Waals surface area contributed by atoms with Crippen LogP contribution in [0.5, 0.6) is 0 Å². The zero-order valence-electron chi connectivity index (χ0n) is 7.68. The fourth-order valence-electron chi connectivity index (χ4n) is 2.30. The van der Waals surface area contributed by atoms with E-state index in [0.29, 0.717) is 17.6 Å². The number of ketones is 1. The van der Waals surface area contributed by atoms with Crippen LogP contribution in [0, 0.1) is 11.8 Å².